The summed E-state index contributed by atoms with van der Waals surface area (Å²) in [4.78, 5) is 13.0. The standard InChI is InChI=1S/C22H28N2O4S/c1-5-22(6-2)14-19(17-9-7-8-10-20(17)28-22)23-21(25)16-12-11-15(3)18(13-16)24-29(4,26)27/h7-13,19,24H,5-6,14H2,1-4H3,(H,23,25)/t19-/m0/s1. The lowest BCUT2D eigenvalue weighted by molar-refractivity contribution is 0.0227. The minimum Gasteiger partial charge on any atom is -0.487 e. The quantitative estimate of drug-likeness (QED) is 0.740. The number of sulfonamides is 1. The van der Waals surface area contributed by atoms with E-state index in [2.05, 4.69) is 23.9 Å². The summed E-state index contributed by atoms with van der Waals surface area (Å²) in [7, 11) is -3.43. The summed E-state index contributed by atoms with van der Waals surface area (Å²) in [5.41, 5.74) is 2.20. The van der Waals surface area contributed by atoms with Crippen LogP contribution in [0.3, 0.4) is 0 Å². The predicted molar refractivity (Wildman–Crippen MR) is 115 cm³/mol. The Morgan fingerprint density at radius 1 is 1.17 bits per heavy atom. The molecule has 1 aliphatic heterocycles. The summed E-state index contributed by atoms with van der Waals surface area (Å²) >= 11 is 0. The molecule has 0 unspecified atom stereocenters. The predicted octanol–water partition coefficient (Wildman–Crippen LogP) is 4.18. The van der Waals surface area contributed by atoms with Crippen molar-refractivity contribution < 1.29 is 17.9 Å². The van der Waals surface area contributed by atoms with Gasteiger partial charge in [0.15, 0.2) is 0 Å². The van der Waals surface area contributed by atoms with Gasteiger partial charge in [0.25, 0.3) is 5.91 Å². The first kappa shape index (κ1) is 21.2. The van der Waals surface area contributed by atoms with Gasteiger partial charge in [-0.3, -0.25) is 9.52 Å². The Kier molecular flexibility index (Phi) is 5.89. The van der Waals surface area contributed by atoms with Crippen molar-refractivity contribution in [1.82, 2.24) is 5.32 Å². The Bertz CT molecular complexity index is 1010. The Morgan fingerprint density at radius 3 is 2.52 bits per heavy atom. The average molecular weight is 417 g/mol. The van der Waals surface area contributed by atoms with E-state index >= 15 is 0 Å². The van der Waals surface area contributed by atoms with E-state index in [0.29, 0.717) is 17.7 Å². The molecule has 1 aliphatic rings. The van der Waals surface area contributed by atoms with Crippen LogP contribution in [-0.4, -0.2) is 26.2 Å². The monoisotopic (exact) mass is 416 g/mol. The molecule has 156 valence electrons. The van der Waals surface area contributed by atoms with Crippen molar-refractivity contribution >= 4 is 21.6 Å². The lowest BCUT2D eigenvalue weighted by atomic mass is 9.83. The summed E-state index contributed by atoms with van der Waals surface area (Å²) in [5.74, 6) is 0.556. The van der Waals surface area contributed by atoms with Gasteiger partial charge in [0.2, 0.25) is 10.0 Å². The summed E-state index contributed by atoms with van der Waals surface area (Å²) in [6.45, 7) is 5.99. The van der Waals surface area contributed by atoms with Crippen molar-refractivity contribution in [2.24, 2.45) is 0 Å². The minimum atomic E-state index is -3.43. The summed E-state index contributed by atoms with van der Waals surface area (Å²) in [6, 6.07) is 12.6. The second kappa shape index (κ2) is 8.06. The van der Waals surface area contributed by atoms with Crippen LogP contribution < -0.4 is 14.8 Å². The smallest absolute Gasteiger partial charge is 0.251 e. The van der Waals surface area contributed by atoms with Gasteiger partial charge in [0, 0.05) is 17.5 Å². The number of anilines is 1. The molecule has 0 bridgehead atoms. The molecule has 0 aromatic heterocycles. The maximum absolute atomic E-state index is 13.0. The van der Waals surface area contributed by atoms with Crippen LogP contribution in [0, 0.1) is 6.92 Å². The molecule has 6 nitrogen and oxygen atoms in total. The normalized spacial score (nSPS) is 17.7. The maximum Gasteiger partial charge on any atom is 0.251 e. The van der Waals surface area contributed by atoms with Crippen LogP contribution in [0.4, 0.5) is 5.69 Å². The number of carbonyl (C=O) groups excluding carboxylic acids is 1. The first-order valence-corrected chi connectivity index (χ1v) is 11.7. The van der Waals surface area contributed by atoms with Gasteiger partial charge in [0.05, 0.1) is 18.0 Å². The molecule has 1 heterocycles. The number of rotatable bonds is 6. The van der Waals surface area contributed by atoms with Gasteiger partial charge < -0.3 is 10.1 Å². The number of para-hydroxylation sites is 1. The molecule has 0 saturated heterocycles. The molecule has 0 saturated carbocycles. The number of ether oxygens (including phenoxy) is 1. The van der Waals surface area contributed by atoms with E-state index in [-0.39, 0.29) is 17.6 Å². The molecule has 2 N–H and O–H groups in total. The SMILES string of the molecule is CCC1(CC)C[C@H](NC(=O)c2ccc(C)c(NS(C)(=O)=O)c2)c2ccccc2O1. The van der Waals surface area contributed by atoms with Gasteiger partial charge in [-0.1, -0.05) is 38.1 Å². The van der Waals surface area contributed by atoms with Gasteiger partial charge in [0.1, 0.15) is 11.4 Å². The van der Waals surface area contributed by atoms with Crippen molar-refractivity contribution in [2.45, 2.75) is 51.7 Å². The number of hydrogen-bond acceptors (Lipinski definition) is 4. The van der Waals surface area contributed by atoms with Crippen LogP contribution in [0.15, 0.2) is 42.5 Å². The number of nitrogens with one attached hydrogen (secondary N) is 2. The van der Waals surface area contributed by atoms with Crippen LogP contribution in [-0.2, 0) is 10.0 Å². The Balaban J connectivity index is 1.89. The topological polar surface area (TPSA) is 84.5 Å². The third kappa shape index (κ3) is 4.72. The molecule has 2 aromatic rings. The fourth-order valence-corrected chi connectivity index (χ4v) is 4.36. The van der Waals surface area contributed by atoms with Gasteiger partial charge in [-0.15, -0.1) is 0 Å². The van der Waals surface area contributed by atoms with E-state index in [4.69, 9.17) is 4.74 Å². The Labute approximate surface area is 172 Å². The Hall–Kier alpha value is -2.54. The first-order chi connectivity index (χ1) is 13.7. The fourth-order valence-electron chi connectivity index (χ4n) is 3.74. The molecule has 7 heteroatoms. The van der Waals surface area contributed by atoms with E-state index in [0.717, 1.165) is 36.0 Å². The number of amides is 1. The van der Waals surface area contributed by atoms with Gasteiger partial charge in [-0.25, -0.2) is 8.42 Å². The van der Waals surface area contributed by atoms with Crippen molar-refractivity contribution in [2.75, 3.05) is 11.0 Å². The van der Waals surface area contributed by atoms with E-state index in [1.54, 1.807) is 25.1 Å². The molecule has 2 aromatic carbocycles. The van der Waals surface area contributed by atoms with E-state index in [1.807, 2.05) is 24.3 Å². The van der Waals surface area contributed by atoms with Crippen LogP contribution in [0.1, 0.15) is 60.6 Å². The van der Waals surface area contributed by atoms with Crippen LogP contribution in [0.5, 0.6) is 5.75 Å². The van der Waals surface area contributed by atoms with E-state index in [9.17, 15) is 13.2 Å². The Morgan fingerprint density at radius 2 is 1.86 bits per heavy atom. The number of carbonyl (C=O) groups is 1. The third-order valence-corrected chi connectivity index (χ3v) is 6.18. The molecular weight excluding hydrogens is 388 g/mol. The highest BCUT2D eigenvalue weighted by Gasteiger charge is 2.39. The van der Waals surface area contributed by atoms with Crippen molar-refractivity contribution in [3.05, 3.63) is 59.2 Å². The molecule has 1 amide bonds. The highest BCUT2D eigenvalue weighted by Crippen LogP contribution is 2.42. The molecule has 29 heavy (non-hydrogen) atoms. The van der Waals surface area contributed by atoms with Crippen LogP contribution in [0.2, 0.25) is 0 Å². The molecule has 0 fully saturated rings. The largest absolute Gasteiger partial charge is 0.487 e. The van der Waals surface area contributed by atoms with E-state index in [1.165, 1.54) is 0 Å². The number of hydrogen-bond donors (Lipinski definition) is 2. The average Bonchev–Trinajstić information content (AvgIpc) is 2.68. The zero-order valence-electron chi connectivity index (χ0n) is 17.3. The van der Waals surface area contributed by atoms with Crippen molar-refractivity contribution in [3.63, 3.8) is 0 Å². The maximum atomic E-state index is 13.0. The van der Waals surface area contributed by atoms with Crippen molar-refractivity contribution in [1.29, 1.82) is 0 Å². The third-order valence-electron chi connectivity index (χ3n) is 5.59. The lowest BCUT2D eigenvalue weighted by Crippen LogP contribution is -2.44. The number of fused-ring (bicyclic) bond motifs is 1. The van der Waals surface area contributed by atoms with Crippen molar-refractivity contribution in [3.8, 4) is 5.75 Å². The molecule has 3 rings (SSSR count). The number of aryl methyl sites for hydroxylation is 1. The summed E-state index contributed by atoms with van der Waals surface area (Å²) in [6.07, 6.45) is 3.46. The molecule has 0 aliphatic carbocycles. The summed E-state index contributed by atoms with van der Waals surface area (Å²) in [5, 5.41) is 3.13. The number of benzene rings is 2. The van der Waals surface area contributed by atoms with Gasteiger partial charge >= 0.3 is 0 Å². The van der Waals surface area contributed by atoms with E-state index < -0.39 is 10.0 Å². The van der Waals surface area contributed by atoms with Gasteiger partial charge in [-0.2, -0.15) is 0 Å². The second-order valence-electron chi connectivity index (χ2n) is 7.66. The first-order valence-electron chi connectivity index (χ1n) is 9.83. The molecule has 0 radical (unpaired) electrons. The lowest BCUT2D eigenvalue weighted by Gasteiger charge is -2.41. The molecule has 0 spiro atoms. The van der Waals surface area contributed by atoms with Gasteiger partial charge in [-0.05, 0) is 43.5 Å². The highest BCUT2D eigenvalue weighted by molar-refractivity contribution is 7.92. The molecule has 1 atom stereocenters. The highest BCUT2D eigenvalue weighted by atomic mass is 32.2. The second-order valence-corrected chi connectivity index (χ2v) is 9.41. The van der Waals surface area contributed by atoms with Crippen LogP contribution in [0.25, 0.3) is 0 Å². The fraction of sp³-hybridized carbons (Fsp3) is 0.409. The zero-order chi connectivity index (χ0) is 21.2. The summed E-state index contributed by atoms with van der Waals surface area (Å²) < 4.78 is 32.0. The minimum absolute atomic E-state index is 0.181. The molecular formula is C22H28N2O4S. The zero-order valence-corrected chi connectivity index (χ0v) is 18.1. The van der Waals surface area contributed by atoms with Crippen LogP contribution >= 0.6 is 0 Å².